The first-order valence-corrected chi connectivity index (χ1v) is 9.35. The Balaban J connectivity index is 1.62. The van der Waals surface area contributed by atoms with Crippen LogP contribution in [0.3, 0.4) is 0 Å². The van der Waals surface area contributed by atoms with Crippen molar-refractivity contribution in [1.29, 1.82) is 0 Å². The summed E-state index contributed by atoms with van der Waals surface area (Å²) in [4.78, 5) is 12.4. The van der Waals surface area contributed by atoms with Crippen LogP contribution in [0.2, 0.25) is 5.02 Å². The number of halogens is 1. The molecule has 1 atom stereocenters. The quantitative estimate of drug-likeness (QED) is 0.524. The second kappa shape index (κ2) is 7.82. The van der Waals surface area contributed by atoms with Crippen molar-refractivity contribution in [1.82, 2.24) is 25.2 Å². The maximum atomic E-state index is 12.4. The van der Waals surface area contributed by atoms with Gasteiger partial charge in [0.2, 0.25) is 0 Å². The smallest absolute Gasteiger partial charge is 0.292 e. The minimum Gasteiger partial charge on any atom is -0.364 e. The Morgan fingerprint density at radius 3 is 2.68 bits per heavy atom. The molecule has 0 unspecified atom stereocenters. The number of aromatic nitrogens is 5. The zero-order chi connectivity index (χ0) is 19.5. The fourth-order valence-electron chi connectivity index (χ4n) is 3.16. The second-order valence-corrected chi connectivity index (χ2v) is 7.08. The highest BCUT2D eigenvalue weighted by Gasteiger charge is 2.17. The first-order valence-electron chi connectivity index (χ1n) is 8.97. The number of rotatable bonds is 6. The molecule has 0 aliphatic carbocycles. The molecule has 0 radical (unpaired) electrons. The third-order valence-corrected chi connectivity index (χ3v) is 4.86. The number of fused-ring (bicyclic) bond motifs is 1. The maximum absolute atomic E-state index is 12.4. The van der Waals surface area contributed by atoms with Gasteiger partial charge in [-0.25, -0.2) is 9.78 Å². The third kappa shape index (κ3) is 3.75. The van der Waals surface area contributed by atoms with Crippen LogP contribution < -0.4 is 10.9 Å². The Morgan fingerprint density at radius 2 is 1.89 bits per heavy atom. The lowest BCUT2D eigenvalue weighted by Crippen LogP contribution is -2.22. The molecule has 28 heavy (non-hydrogen) atoms. The van der Waals surface area contributed by atoms with E-state index in [1.54, 1.807) is 10.7 Å². The highest BCUT2D eigenvalue weighted by molar-refractivity contribution is 6.31. The third-order valence-electron chi connectivity index (χ3n) is 4.49. The number of benzene rings is 2. The van der Waals surface area contributed by atoms with E-state index >= 15 is 0 Å². The average Bonchev–Trinajstić information content (AvgIpc) is 3.11. The van der Waals surface area contributed by atoms with E-state index in [1.807, 2.05) is 36.4 Å². The SMILES string of the molecule is C[C@H](Cc1ccccc1)Nc1n[nH]c(=O)c2c1nnn2Cc1ccccc1Cl. The topological polar surface area (TPSA) is 88.5 Å². The van der Waals surface area contributed by atoms with Gasteiger partial charge >= 0.3 is 0 Å². The first-order chi connectivity index (χ1) is 13.6. The van der Waals surface area contributed by atoms with Crippen molar-refractivity contribution in [2.75, 3.05) is 5.32 Å². The predicted octanol–water partition coefficient (Wildman–Crippen LogP) is 3.26. The van der Waals surface area contributed by atoms with Gasteiger partial charge in [0.05, 0.1) is 6.54 Å². The van der Waals surface area contributed by atoms with Gasteiger partial charge in [0, 0.05) is 11.1 Å². The van der Waals surface area contributed by atoms with Crippen molar-refractivity contribution in [2.24, 2.45) is 0 Å². The Labute approximate surface area is 166 Å². The van der Waals surface area contributed by atoms with Gasteiger partial charge in [-0.3, -0.25) is 4.79 Å². The molecule has 2 aromatic heterocycles. The van der Waals surface area contributed by atoms with Crippen LogP contribution in [0.15, 0.2) is 59.4 Å². The summed E-state index contributed by atoms with van der Waals surface area (Å²) < 4.78 is 1.55. The van der Waals surface area contributed by atoms with Gasteiger partial charge < -0.3 is 5.32 Å². The maximum Gasteiger partial charge on any atom is 0.292 e. The van der Waals surface area contributed by atoms with Crippen LogP contribution in [-0.2, 0) is 13.0 Å². The summed E-state index contributed by atoms with van der Waals surface area (Å²) in [7, 11) is 0. The van der Waals surface area contributed by atoms with Crippen LogP contribution >= 0.6 is 11.6 Å². The predicted molar refractivity (Wildman–Crippen MR) is 110 cm³/mol. The lowest BCUT2D eigenvalue weighted by atomic mass is 10.1. The molecular weight excluding hydrogens is 376 g/mol. The van der Waals surface area contributed by atoms with Crippen molar-refractivity contribution in [3.8, 4) is 0 Å². The monoisotopic (exact) mass is 394 g/mol. The molecular formula is C20H19ClN6O. The summed E-state index contributed by atoms with van der Waals surface area (Å²) in [6, 6.07) is 17.7. The normalized spacial score (nSPS) is 12.2. The molecule has 4 aromatic rings. The highest BCUT2D eigenvalue weighted by atomic mass is 35.5. The number of aromatic amines is 1. The zero-order valence-corrected chi connectivity index (χ0v) is 16.0. The number of anilines is 1. The van der Waals surface area contributed by atoms with Gasteiger partial charge in [0.1, 0.15) is 0 Å². The Hall–Kier alpha value is -3.19. The zero-order valence-electron chi connectivity index (χ0n) is 15.3. The van der Waals surface area contributed by atoms with Crippen LogP contribution in [0.1, 0.15) is 18.1 Å². The van der Waals surface area contributed by atoms with E-state index in [4.69, 9.17) is 11.6 Å². The number of H-pyrrole nitrogens is 1. The molecule has 0 spiro atoms. The van der Waals surface area contributed by atoms with E-state index in [9.17, 15) is 4.79 Å². The molecule has 142 valence electrons. The van der Waals surface area contributed by atoms with Gasteiger partial charge in [0.15, 0.2) is 16.9 Å². The van der Waals surface area contributed by atoms with E-state index in [0.29, 0.717) is 28.4 Å². The standard InChI is InChI=1S/C20H19ClN6O/c1-13(11-14-7-3-2-4-8-14)22-19-17-18(20(28)25-24-19)27(26-23-17)12-15-9-5-6-10-16(15)21/h2-10,13H,11-12H2,1H3,(H,22,24)(H,25,28)/t13-/m1/s1. The lowest BCUT2D eigenvalue weighted by molar-refractivity contribution is 0.667. The van der Waals surface area contributed by atoms with Crippen LogP contribution in [0.4, 0.5) is 5.82 Å². The van der Waals surface area contributed by atoms with Gasteiger partial charge in [-0.15, -0.1) is 5.10 Å². The van der Waals surface area contributed by atoms with Crippen molar-refractivity contribution in [2.45, 2.75) is 25.9 Å². The van der Waals surface area contributed by atoms with E-state index in [-0.39, 0.29) is 11.6 Å². The van der Waals surface area contributed by atoms with Crippen LogP contribution in [0.25, 0.3) is 11.0 Å². The molecule has 0 saturated carbocycles. The van der Waals surface area contributed by atoms with Gasteiger partial charge in [-0.1, -0.05) is 65.3 Å². The second-order valence-electron chi connectivity index (χ2n) is 6.67. The summed E-state index contributed by atoms with van der Waals surface area (Å²) in [6.07, 6.45) is 0.816. The molecule has 2 heterocycles. The summed E-state index contributed by atoms with van der Waals surface area (Å²) in [5, 5.41) is 19.0. The van der Waals surface area contributed by atoms with Gasteiger partial charge in [-0.05, 0) is 30.5 Å². The largest absolute Gasteiger partial charge is 0.364 e. The summed E-state index contributed by atoms with van der Waals surface area (Å²) in [6.45, 7) is 2.40. The van der Waals surface area contributed by atoms with E-state index < -0.39 is 0 Å². The number of hydrogen-bond donors (Lipinski definition) is 2. The Bertz CT molecular complexity index is 1150. The molecule has 2 aromatic carbocycles. The molecule has 4 rings (SSSR count). The number of hydrogen-bond acceptors (Lipinski definition) is 5. The minimum absolute atomic E-state index is 0.0951. The number of nitrogens with zero attached hydrogens (tertiary/aromatic N) is 4. The molecule has 0 saturated heterocycles. The fourth-order valence-corrected chi connectivity index (χ4v) is 3.36. The van der Waals surface area contributed by atoms with E-state index in [1.165, 1.54) is 5.56 Å². The van der Waals surface area contributed by atoms with E-state index in [0.717, 1.165) is 12.0 Å². The molecule has 0 fully saturated rings. The molecule has 0 bridgehead atoms. The van der Waals surface area contributed by atoms with Crippen molar-refractivity contribution in [3.05, 3.63) is 81.1 Å². The first kappa shape index (κ1) is 18.2. The highest BCUT2D eigenvalue weighted by Crippen LogP contribution is 2.20. The van der Waals surface area contributed by atoms with E-state index in [2.05, 4.69) is 44.9 Å². The van der Waals surface area contributed by atoms with Crippen molar-refractivity contribution < 1.29 is 0 Å². The molecule has 0 aliphatic heterocycles. The van der Waals surface area contributed by atoms with Crippen LogP contribution in [0, 0.1) is 0 Å². The van der Waals surface area contributed by atoms with Crippen molar-refractivity contribution >= 4 is 28.5 Å². The van der Waals surface area contributed by atoms with Crippen LogP contribution in [0.5, 0.6) is 0 Å². The Kier molecular flexibility index (Phi) is 5.08. The molecule has 0 aliphatic rings. The van der Waals surface area contributed by atoms with Crippen LogP contribution in [-0.4, -0.2) is 31.2 Å². The average molecular weight is 395 g/mol. The number of nitrogens with one attached hydrogen (secondary N) is 2. The lowest BCUT2D eigenvalue weighted by Gasteiger charge is -2.14. The van der Waals surface area contributed by atoms with Gasteiger partial charge in [-0.2, -0.15) is 5.10 Å². The molecule has 7 nitrogen and oxygen atoms in total. The summed E-state index contributed by atoms with van der Waals surface area (Å²) in [5.74, 6) is 0.503. The summed E-state index contributed by atoms with van der Waals surface area (Å²) >= 11 is 6.24. The molecule has 8 heteroatoms. The Morgan fingerprint density at radius 1 is 1.14 bits per heavy atom. The van der Waals surface area contributed by atoms with Gasteiger partial charge in [0.25, 0.3) is 5.56 Å². The minimum atomic E-state index is -0.340. The molecule has 2 N–H and O–H groups in total. The molecule has 0 amide bonds. The summed E-state index contributed by atoms with van der Waals surface area (Å²) in [5.41, 5.74) is 2.54. The van der Waals surface area contributed by atoms with Crippen molar-refractivity contribution in [3.63, 3.8) is 0 Å². The fraction of sp³-hybridized carbons (Fsp3) is 0.200.